The number of allylic oxidation sites excluding steroid dienone is 4. The summed E-state index contributed by atoms with van der Waals surface area (Å²) in [6.45, 7) is 13.9. The first kappa shape index (κ1) is 31.0. The van der Waals surface area contributed by atoms with Gasteiger partial charge < -0.3 is 19.5 Å². The number of hydrogen-bond donors (Lipinski definition) is 1. The molecule has 8 heteroatoms. The van der Waals surface area contributed by atoms with Crippen LogP contribution in [0.15, 0.2) is 63.4 Å². The average molecular weight is 651 g/mol. The van der Waals surface area contributed by atoms with Crippen LogP contribution in [0.2, 0.25) is 0 Å². The van der Waals surface area contributed by atoms with Gasteiger partial charge in [0.15, 0.2) is 23.1 Å². The Hall–Kier alpha value is -3.39. The van der Waals surface area contributed by atoms with Crippen LogP contribution in [-0.4, -0.2) is 40.7 Å². The lowest BCUT2D eigenvalue weighted by molar-refractivity contribution is -0.119. The van der Waals surface area contributed by atoms with E-state index in [4.69, 9.17) is 9.47 Å². The van der Waals surface area contributed by atoms with E-state index < -0.39 is 11.9 Å². The van der Waals surface area contributed by atoms with Crippen molar-refractivity contribution in [1.82, 2.24) is 4.90 Å². The smallest absolute Gasteiger partial charge is 0.335 e. The number of carbonyl (C=O) groups is 3. The fourth-order valence-corrected chi connectivity index (χ4v) is 7.39. The number of ketones is 2. The molecule has 5 rings (SSSR count). The van der Waals surface area contributed by atoms with Gasteiger partial charge in [-0.25, -0.2) is 4.79 Å². The molecule has 0 saturated carbocycles. The van der Waals surface area contributed by atoms with Crippen LogP contribution in [0.4, 0.5) is 0 Å². The minimum absolute atomic E-state index is 0.0955. The number of halogens is 1. The lowest BCUT2D eigenvalue weighted by Crippen LogP contribution is -2.44. The molecule has 228 valence electrons. The summed E-state index contributed by atoms with van der Waals surface area (Å²) in [4.78, 5) is 41.4. The van der Waals surface area contributed by atoms with E-state index in [0.717, 1.165) is 46.5 Å². The number of nitrogens with zero attached hydrogens (tertiary/aromatic N) is 1. The van der Waals surface area contributed by atoms with E-state index in [9.17, 15) is 19.5 Å². The third-order valence-electron chi connectivity index (χ3n) is 8.59. The molecule has 2 aromatic rings. The Balaban J connectivity index is 1.62. The van der Waals surface area contributed by atoms with Gasteiger partial charge in [-0.1, -0.05) is 39.8 Å². The predicted molar refractivity (Wildman–Crippen MR) is 168 cm³/mol. The van der Waals surface area contributed by atoms with E-state index in [1.54, 1.807) is 24.3 Å². The fourth-order valence-electron chi connectivity index (χ4n) is 6.82. The molecule has 0 bridgehead atoms. The van der Waals surface area contributed by atoms with E-state index in [-0.39, 0.29) is 34.6 Å². The number of carbonyl (C=O) groups excluding carboxylic acids is 2. The Labute approximate surface area is 262 Å². The van der Waals surface area contributed by atoms with Crippen molar-refractivity contribution in [3.63, 3.8) is 0 Å². The molecule has 1 N–H and O–H groups in total. The second kappa shape index (κ2) is 11.6. The topological polar surface area (TPSA) is 93.1 Å². The van der Waals surface area contributed by atoms with Crippen LogP contribution in [0.3, 0.4) is 0 Å². The molecule has 2 aromatic carbocycles. The number of Topliss-reactive ketones (excluding diaryl/α,β-unsaturated/α-hetero) is 2. The SMILES string of the molecule is CCOc1cc(C2C3=C(CC(C)(C)CC3=O)N(CC)C3=C2C(=O)CC(C)(C)C3)cc(Br)c1OCc1ccc(C(=O)O)cc1. The molecule has 0 unspecified atom stereocenters. The van der Waals surface area contributed by atoms with Gasteiger partial charge in [-0.15, -0.1) is 0 Å². The van der Waals surface area contributed by atoms with Crippen LogP contribution < -0.4 is 9.47 Å². The third-order valence-corrected chi connectivity index (χ3v) is 9.18. The number of carboxylic acids is 1. The van der Waals surface area contributed by atoms with Crippen molar-refractivity contribution in [3.8, 4) is 11.5 Å². The summed E-state index contributed by atoms with van der Waals surface area (Å²) >= 11 is 3.71. The van der Waals surface area contributed by atoms with E-state index in [1.807, 2.05) is 19.1 Å². The van der Waals surface area contributed by atoms with E-state index in [1.165, 1.54) is 0 Å². The monoisotopic (exact) mass is 649 g/mol. The molecule has 7 nitrogen and oxygen atoms in total. The van der Waals surface area contributed by atoms with Gasteiger partial charge >= 0.3 is 5.97 Å². The molecule has 0 atom stereocenters. The maximum Gasteiger partial charge on any atom is 0.335 e. The van der Waals surface area contributed by atoms with Crippen molar-refractivity contribution < 1.29 is 29.0 Å². The maximum atomic E-state index is 14.0. The van der Waals surface area contributed by atoms with Crippen molar-refractivity contribution in [2.45, 2.75) is 79.8 Å². The molecule has 0 spiro atoms. The van der Waals surface area contributed by atoms with Gasteiger partial charge in [0.25, 0.3) is 0 Å². The normalized spacial score (nSPS) is 19.7. The Morgan fingerprint density at radius 1 is 0.907 bits per heavy atom. The standard InChI is InChI=1S/C35H40BrNO6/c1-7-37-24-15-34(3,4)17-26(38)30(24)29(31-25(37)16-35(5,6)18-27(31)39)22-13-23(36)32(28(14-22)42-8-2)43-19-20-9-11-21(12-10-20)33(40)41/h9-14,29H,7-8,15-19H2,1-6H3,(H,40,41). The van der Waals surface area contributed by atoms with Crippen LogP contribution in [0, 0.1) is 10.8 Å². The highest BCUT2D eigenvalue weighted by atomic mass is 79.9. The molecular formula is C35H40BrNO6. The minimum atomic E-state index is -0.981. The summed E-state index contributed by atoms with van der Waals surface area (Å²) in [7, 11) is 0. The lowest BCUT2D eigenvalue weighted by atomic mass is 9.63. The first-order chi connectivity index (χ1) is 20.2. The molecule has 0 saturated heterocycles. The van der Waals surface area contributed by atoms with Gasteiger partial charge in [0.2, 0.25) is 0 Å². The van der Waals surface area contributed by atoms with Crippen LogP contribution in [0.25, 0.3) is 0 Å². The fraction of sp³-hybridized carbons (Fsp3) is 0.457. The van der Waals surface area contributed by atoms with Crippen molar-refractivity contribution in [3.05, 3.63) is 80.1 Å². The third kappa shape index (κ3) is 6.03. The largest absolute Gasteiger partial charge is 0.490 e. The number of hydrogen-bond acceptors (Lipinski definition) is 6. The highest BCUT2D eigenvalue weighted by Crippen LogP contribution is 2.55. The zero-order valence-corrected chi connectivity index (χ0v) is 27.4. The Morgan fingerprint density at radius 2 is 1.47 bits per heavy atom. The second-order valence-electron chi connectivity index (χ2n) is 13.3. The number of benzene rings is 2. The van der Waals surface area contributed by atoms with Crippen LogP contribution in [0.1, 0.15) is 94.6 Å². The summed E-state index contributed by atoms with van der Waals surface area (Å²) in [5.41, 5.74) is 5.05. The Morgan fingerprint density at radius 3 is 1.95 bits per heavy atom. The summed E-state index contributed by atoms with van der Waals surface area (Å²) in [6, 6.07) is 10.4. The first-order valence-electron chi connectivity index (χ1n) is 15.0. The van der Waals surface area contributed by atoms with Crippen molar-refractivity contribution in [2.24, 2.45) is 10.8 Å². The quantitative estimate of drug-likeness (QED) is 0.311. The molecule has 3 aliphatic rings. The minimum Gasteiger partial charge on any atom is -0.490 e. The predicted octanol–water partition coefficient (Wildman–Crippen LogP) is 7.83. The maximum absolute atomic E-state index is 14.0. The van der Waals surface area contributed by atoms with Gasteiger partial charge in [-0.05, 0) is 88.8 Å². The lowest BCUT2D eigenvalue weighted by Gasteiger charge is -2.49. The van der Waals surface area contributed by atoms with Crippen molar-refractivity contribution >= 4 is 33.5 Å². The van der Waals surface area contributed by atoms with Gasteiger partial charge in [-0.3, -0.25) is 9.59 Å². The summed E-state index contributed by atoms with van der Waals surface area (Å²) < 4.78 is 12.9. The molecule has 0 radical (unpaired) electrons. The molecule has 0 aromatic heterocycles. The van der Waals surface area contributed by atoms with Crippen LogP contribution in [0.5, 0.6) is 11.5 Å². The molecule has 43 heavy (non-hydrogen) atoms. The molecule has 1 heterocycles. The molecular weight excluding hydrogens is 610 g/mol. The number of rotatable bonds is 8. The summed E-state index contributed by atoms with van der Waals surface area (Å²) in [5, 5.41) is 9.20. The van der Waals surface area contributed by atoms with Crippen LogP contribution in [-0.2, 0) is 16.2 Å². The van der Waals surface area contributed by atoms with Gasteiger partial charge in [-0.2, -0.15) is 0 Å². The number of aromatic carboxylic acids is 1. The first-order valence-corrected chi connectivity index (χ1v) is 15.8. The molecule has 0 amide bonds. The second-order valence-corrected chi connectivity index (χ2v) is 14.2. The van der Waals surface area contributed by atoms with E-state index in [0.29, 0.717) is 42.0 Å². The van der Waals surface area contributed by atoms with Gasteiger partial charge in [0.05, 0.1) is 16.6 Å². The molecule has 1 aliphatic heterocycles. The summed E-state index contributed by atoms with van der Waals surface area (Å²) in [6.07, 6.45) is 2.41. The summed E-state index contributed by atoms with van der Waals surface area (Å²) in [5.74, 6) is -0.243. The van der Waals surface area contributed by atoms with Crippen LogP contribution >= 0.6 is 15.9 Å². The van der Waals surface area contributed by atoms with Crippen molar-refractivity contribution in [1.29, 1.82) is 0 Å². The number of ether oxygens (including phenoxy) is 2. The molecule has 0 fully saturated rings. The average Bonchev–Trinajstić information content (AvgIpc) is 2.90. The zero-order valence-electron chi connectivity index (χ0n) is 25.8. The highest BCUT2D eigenvalue weighted by molar-refractivity contribution is 9.10. The highest BCUT2D eigenvalue weighted by Gasteiger charge is 2.48. The van der Waals surface area contributed by atoms with E-state index >= 15 is 0 Å². The van der Waals surface area contributed by atoms with E-state index in [2.05, 4.69) is 55.4 Å². The molecule has 2 aliphatic carbocycles. The Kier molecular flexibility index (Phi) is 8.38. The van der Waals surface area contributed by atoms with Gasteiger partial charge in [0.1, 0.15) is 6.61 Å². The van der Waals surface area contributed by atoms with Crippen molar-refractivity contribution in [2.75, 3.05) is 13.2 Å². The Bertz CT molecular complexity index is 1490. The zero-order chi connectivity index (χ0) is 31.3. The number of carboxylic acid groups (broad SMARTS) is 1. The van der Waals surface area contributed by atoms with Gasteiger partial charge in [0, 0.05) is 47.8 Å².